The minimum Gasteiger partial charge on any atom is -0.493 e. The number of benzene rings is 2. The van der Waals surface area contributed by atoms with Gasteiger partial charge in [0, 0.05) is 23.5 Å². The maximum Gasteiger partial charge on any atom is 0.264 e. The second-order valence-corrected chi connectivity index (χ2v) is 11.6. The molecule has 13 nitrogen and oxygen atoms in total. The number of rotatable bonds is 10. The fourth-order valence-corrected chi connectivity index (χ4v) is 5.58. The van der Waals surface area contributed by atoms with Gasteiger partial charge in [-0.15, -0.1) is 5.10 Å². The first-order chi connectivity index (χ1) is 19.6. The number of hydrogen-bond acceptors (Lipinski definition) is 11. The van der Waals surface area contributed by atoms with Gasteiger partial charge in [0.2, 0.25) is 17.8 Å². The van der Waals surface area contributed by atoms with Crippen molar-refractivity contribution in [1.29, 1.82) is 0 Å². The average molecular weight is 598 g/mol. The third kappa shape index (κ3) is 7.79. The Morgan fingerprint density at radius 1 is 1.05 bits per heavy atom. The van der Waals surface area contributed by atoms with E-state index in [9.17, 15) is 18.0 Å². The highest BCUT2D eigenvalue weighted by molar-refractivity contribution is 8.15. The molecule has 41 heavy (non-hydrogen) atoms. The largest absolute Gasteiger partial charge is 0.493 e. The van der Waals surface area contributed by atoms with Crippen LogP contribution >= 0.6 is 11.8 Å². The van der Waals surface area contributed by atoms with E-state index in [1.807, 2.05) is 0 Å². The van der Waals surface area contributed by atoms with Crippen LogP contribution in [0.2, 0.25) is 0 Å². The average Bonchev–Trinajstić information content (AvgIpc) is 3.26. The van der Waals surface area contributed by atoms with Crippen LogP contribution in [-0.2, 0) is 19.6 Å². The van der Waals surface area contributed by atoms with Crippen molar-refractivity contribution in [2.45, 2.75) is 30.4 Å². The number of nitrogens with zero attached hydrogens (tertiary/aromatic N) is 4. The number of carbonyl (C=O) groups excluding carboxylic acids is 2. The number of hydrogen-bond donors (Lipinski definition) is 3. The number of amides is 2. The molecule has 1 atom stereocenters. The van der Waals surface area contributed by atoms with Crippen molar-refractivity contribution < 1.29 is 27.5 Å². The van der Waals surface area contributed by atoms with Crippen LogP contribution in [0.15, 0.2) is 63.6 Å². The number of carbonyl (C=O) groups is 2. The Morgan fingerprint density at radius 2 is 1.73 bits per heavy atom. The van der Waals surface area contributed by atoms with E-state index in [2.05, 4.69) is 35.5 Å². The van der Waals surface area contributed by atoms with Crippen LogP contribution in [0.1, 0.15) is 23.4 Å². The van der Waals surface area contributed by atoms with Gasteiger partial charge in [-0.2, -0.15) is 5.10 Å². The lowest BCUT2D eigenvalue weighted by Crippen LogP contribution is -2.28. The zero-order chi connectivity index (χ0) is 29.6. The summed E-state index contributed by atoms with van der Waals surface area (Å²) in [5.74, 6) is 0.300. The summed E-state index contributed by atoms with van der Waals surface area (Å²) in [5, 5.41) is 12.9. The van der Waals surface area contributed by atoms with Crippen LogP contribution in [0.4, 0.5) is 11.6 Å². The number of ether oxygens (including phenoxy) is 2. The molecule has 1 aliphatic rings. The molecule has 2 aromatic carbocycles. The molecule has 1 aliphatic heterocycles. The fourth-order valence-electron chi connectivity index (χ4n) is 3.72. The number of aromatic nitrogens is 2. The Morgan fingerprint density at radius 3 is 2.39 bits per heavy atom. The first kappa shape index (κ1) is 29.5. The Bertz CT molecular complexity index is 1610. The molecule has 3 N–H and O–H groups in total. The van der Waals surface area contributed by atoms with Crippen molar-refractivity contribution in [3.05, 3.63) is 65.5 Å². The number of anilines is 2. The Kier molecular flexibility index (Phi) is 9.19. The molecular weight excluding hydrogens is 570 g/mol. The second-order valence-electron chi connectivity index (χ2n) is 8.72. The molecule has 4 rings (SSSR count). The second kappa shape index (κ2) is 12.8. The zero-order valence-electron chi connectivity index (χ0n) is 22.5. The van der Waals surface area contributed by atoms with Gasteiger partial charge >= 0.3 is 0 Å². The predicted octanol–water partition coefficient (Wildman–Crippen LogP) is 2.86. The van der Waals surface area contributed by atoms with E-state index in [1.165, 1.54) is 37.6 Å². The molecular formula is C26H27N7O6S2. The zero-order valence-corrected chi connectivity index (χ0v) is 24.2. The van der Waals surface area contributed by atoms with Crippen LogP contribution in [-0.4, -0.2) is 61.1 Å². The molecule has 0 radical (unpaired) electrons. The summed E-state index contributed by atoms with van der Waals surface area (Å²) < 4.78 is 38.2. The van der Waals surface area contributed by atoms with E-state index in [0.717, 1.165) is 11.8 Å². The van der Waals surface area contributed by atoms with Crippen molar-refractivity contribution >= 4 is 56.6 Å². The van der Waals surface area contributed by atoms with Crippen LogP contribution < -0.4 is 24.8 Å². The van der Waals surface area contributed by atoms with Gasteiger partial charge in [-0.3, -0.25) is 9.59 Å². The predicted molar refractivity (Wildman–Crippen MR) is 156 cm³/mol. The van der Waals surface area contributed by atoms with E-state index in [0.29, 0.717) is 34.1 Å². The number of sulfonamides is 1. The monoisotopic (exact) mass is 597 g/mol. The van der Waals surface area contributed by atoms with Crippen molar-refractivity contribution in [2.24, 2.45) is 10.2 Å². The molecule has 0 unspecified atom stereocenters. The standard InChI is InChI=1S/C26H27N7O6S2/c1-15-11-16(2)29-25(28-15)33-41(36,37)19-8-6-18(7-9-19)30-23(34)13-22-24(35)31-26(40-22)32-27-14-17-5-10-20(38-3)21(12-17)39-4/h5-12,14,22H,13H2,1-4H3,(H,30,34)(H,28,29,33)(H,31,32,35)/b27-14-/t22-/m0/s1. The minimum absolute atomic E-state index is 0.0261. The van der Waals surface area contributed by atoms with Crippen molar-refractivity contribution in [2.75, 3.05) is 24.3 Å². The molecule has 3 aromatic rings. The molecule has 1 saturated heterocycles. The quantitative estimate of drug-likeness (QED) is 0.235. The fraction of sp³-hybridized carbons (Fsp3) is 0.231. The smallest absolute Gasteiger partial charge is 0.264 e. The van der Waals surface area contributed by atoms with E-state index in [1.54, 1.807) is 45.2 Å². The molecule has 0 aliphatic carbocycles. The lowest BCUT2D eigenvalue weighted by atomic mass is 10.2. The first-order valence-electron chi connectivity index (χ1n) is 12.1. The number of amidine groups is 1. The SMILES string of the molecule is COc1ccc(/C=N\N=C2\NC(=O)[C@H](CC(=O)Nc3ccc(S(=O)(=O)Nc4nc(C)cc(C)n4)cc3)S2)cc1OC. The number of nitrogens with one attached hydrogen (secondary N) is 3. The molecule has 2 amide bonds. The van der Waals surface area contributed by atoms with Gasteiger partial charge in [-0.05, 0) is 67.9 Å². The molecule has 1 fully saturated rings. The van der Waals surface area contributed by atoms with Crippen LogP contribution in [0.5, 0.6) is 11.5 Å². The summed E-state index contributed by atoms with van der Waals surface area (Å²) in [6.45, 7) is 3.47. The highest BCUT2D eigenvalue weighted by Gasteiger charge is 2.32. The topological polar surface area (TPSA) is 173 Å². The van der Waals surface area contributed by atoms with Gasteiger partial charge in [0.1, 0.15) is 5.25 Å². The third-order valence-corrected chi connectivity index (χ3v) is 7.98. The normalized spacial score (nSPS) is 16.0. The van der Waals surface area contributed by atoms with Gasteiger partial charge in [-0.1, -0.05) is 11.8 Å². The summed E-state index contributed by atoms with van der Waals surface area (Å²) >= 11 is 1.09. The Labute approximate surface area is 240 Å². The Balaban J connectivity index is 1.32. The van der Waals surface area contributed by atoms with Crippen molar-refractivity contribution in [1.82, 2.24) is 15.3 Å². The lowest BCUT2D eigenvalue weighted by molar-refractivity contribution is -0.122. The van der Waals surface area contributed by atoms with Gasteiger partial charge in [0.15, 0.2) is 16.7 Å². The summed E-state index contributed by atoms with van der Waals surface area (Å²) in [4.78, 5) is 33.1. The van der Waals surface area contributed by atoms with E-state index in [4.69, 9.17) is 9.47 Å². The number of methoxy groups -OCH3 is 2. The summed E-state index contributed by atoms with van der Waals surface area (Å²) in [5.41, 5.74) is 2.34. The highest BCUT2D eigenvalue weighted by Crippen LogP contribution is 2.27. The maximum atomic E-state index is 12.7. The molecule has 0 saturated carbocycles. The molecule has 214 valence electrons. The third-order valence-electron chi connectivity index (χ3n) is 5.57. The van der Waals surface area contributed by atoms with Crippen LogP contribution in [0.25, 0.3) is 0 Å². The van der Waals surface area contributed by atoms with E-state index in [-0.39, 0.29) is 28.3 Å². The van der Waals surface area contributed by atoms with Gasteiger partial charge in [0.25, 0.3) is 10.0 Å². The van der Waals surface area contributed by atoms with Crippen molar-refractivity contribution in [3.8, 4) is 11.5 Å². The summed E-state index contributed by atoms with van der Waals surface area (Å²) in [7, 11) is -0.866. The van der Waals surface area contributed by atoms with E-state index >= 15 is 0 Å². The van der Waals surface area contributed by atoms with Crippen LogP contribution in [0.3, 0.4) is 0 Å². The maximum absolute atomic E-state index is 12.7. The summed E-state index contributed by atoms with van der Waals surface area (Å²) in [6.07, 6.45) is 1.37. The molecule has 2 heterocycles. The lowest BCUT2D eigenvalue weighted by Gasteiger charge is -2.10. The molecule has 0 spiro atoms. The van der Waals surface area contributed by atoms with Crippen LogP contribution in [0, 0.1) is 13.8 Å². The molecule has 15 heteroatoms. The highest BCUT2D eigenvalue weighted by atomic mass is 32.2. The number of aryl methyl sites for hydroxylation is 2. The molecule has 1 aromatic heterocycles. The summed E-state index contributed by atoms with van der Waals surface area (Å²) in [6, 6.07) is 12.6. The van der Waals surface area contributed by atoms with Gasteiger partial charge in [0.05, 0.1) is 25.3 Å². The number of thioether (sulfide) groups is 1. The first-order valence-corrected chi connectivity index (χ1v) is 14.5. The Hall–Kier alpha value is -4.50. The minimum atomic E-state index is -3.94. The van der Waals surface area contributed by atoms with E-state index < -0.39 is 21.2 Å². The van der Waals surface area contributed by atoms with Gasteiger partial charge < -0.3 is 20.1 Å². The van der Waals surface area contributed by atoms with Gasteiger partial charge in [-0.25, -0.2) is 23.1 Å². The molecule has 0 bridgehead atoms. The van der Waals surface area contributed by atoms with Crippen molar-refractivity contribution in [3.63, 3.8) is 0 Å².